The van der Waals surface area contributed by atoms with Crippen molar-refractivity contribution in [1.29, 1.82) is 0 Å². The quantitative estimate of drug-likeness (QED) is 0.530. The van der Waals surface area contributed by atoms with Crippen molar-refractivity contribution in [3.05, 3.63) is 41.0 Å². The third kappa shape index (κ3) is 2.59. The molecule has 0 fully saturated rings. The van der Waals surface area contributed by atoms with Crippen LogP contribution in [0.25, 0.3) is 33.8 Å². The highest BCUT2D eigenvalue weighted by Crippen LogP contribution is 2.32. The van der Waals surface area contributed by atoms with Gasteiger partial charge in [0.15, 0.2) is 22.5 Å². The molecule has 0 aliphatic carbocycles. The van der Waals surface area contributed by atoms with Gasteiger partial charge in [0.1, 0.15) is 5.52 Å². The number of hydrogen-bond acceptors (Lipinski definition) is 7. The molecular weight excluding hydrogens is 354 g/mol. The molecule has 1 aromatic carbocycles. The predicted octanol–water partition coefficient (Wildman–Crippen LogP) is 2.86. The van der Waals surface area contributed by atoms with E-state index in [1.165, 1.54) is 0 Å². The number of nitrogen functional groups attached to an aromatic ring is 1. The molecule has 4 rings (SSSR count). The number of fused-ring (bicyclic) bond motifs is 1. The van der Waals surface area contributed by atoms with Crippen LogP contribution in [0, 0.1) is 0 Å². The summed E-state index contributed by atoms with van der Waals surface area (Å²) in [5, 5.41) is 7.78. The molecule has 0 amide bonds. The third-order valence-electron chi connectivity index (χ3n) is 4.19. The number of aromatic nitrogens is 5. The first-order chi connectivity index (χ1) is 12.6. The second-order valence-corrected chi connectivity index (χ2v) is 6.11. The molecule has 0 unspecified atom stereocenters. The maximum absolute atomic E-state index is 6.43. The number of anilines is 1. The van der Waals surface area contributed by atoms with Gasteiger partial charge in [0.05, 0.1) is 11.2 Å². The fourth-order valence-electron chi connectivity index (χ4n) is 2.94. The van der Waals surface area contributed by atoms with Gasteiger partial charge in [-0.1, -0.05) is 29.8 Å². The van der Waals surface area contributed by atoms with Crippen molar-refractivity contribution in [2.45, 2.75) is 20.0 Å². The van der Waals surface area contributed by atoms with Gasteiger partial charge >= 0.3 is 0 Å². The van der Waals surface area contributed by atoms with Crippen molar-refractivity contribution in [3.8, 4) is 22.8 Å². The second-order valence-electron chi connectivity index (χ2n) is 5.75. The number of aryl methyl sites for hydroxylation is 1. The van der Waals surface area contributed by atoms with Crippen LogP contribution in [0.15, 0.2) is 35.0 Å². The van der Waals surface area contributed by atoms with Gasteiger partial charge in [-0.05, 0) is 34.9 Å². The smallest absolute Gasteiger partial charge is 0.199 e. The van der Waals surface area contributed by atoms with E-state index in [0.29, 0.717) is 35.3 Å². The lowest BCUT2D eigenvalue weighted by Gasteiger charge is -2.07. The molecule has 0 spiro atoms. The largest absolute Gasteiger partial charge is 0.379 e. The van der Waals surface area contributed by atoms with Crippen molar-refractivity contribution < 1.29 is 4.63 Å². The minimum atomic E-state index is 0.176. The summed E-state index contributed by atoms with van der Waals surface area (Å²) < 4.78 is 6.66. The fourth-order valence-corrected chi connectivity index (χ4v) is 3.17. The van der Waals surface area contributed by atoms with Gasteiger partial charge in [-0.3, -0.25) is 0 Å². The van der Waals surface area contributed by atoms with E-state index < -0.39 is 0 Å². The lowest BCUT2D eigenvalue weighted by Crippen LogP contribution is -2.00. The summed E-state index contributed by atoms with van der Waals surface area (Å²) in [5.74, 6) is 0.716. The van der Waals surface area contributed by atoms with E-state index in [0.717, 1.165) is 22.3 Å². The van der Waals surface area contributed by atoms with E-state index in [1.807, 2.05) is 41.8 Å². The molecular formula is C17H16ClN7O. The number of rotatable bonds is 4. The molecule has 0 atom stereocenters. The molecule has 3 aromatic heterocycles. The zero-order chi connectivity index (χ0) is 18.3. The van der Waals surface area contributed by atoms with Gasteiger partial charge in [0.2, 0.25) is 0 Å². The fraction of sp³-hybridized carbons (Fsp3) is 0.176. The minimum Gasteiger partial charge on any atom is -0.379 e. The van der Waals surface area contributed by atoms with Crippen molar-refractivity contribution in [2.75, 3.05) is 5.73 Å². The zero-order valence-corrected chi connectivity index (χ0v) is 14.7. The molecule has 4 N–H and O–H groups in total. The van der Waals surface area contributed by atoms with Crippen molar-refractivity contribution >= 4 is 28.5 Å². The van der Waals surface area contributed by atoms with Crippen LogP contribution in [0.4, 0.5) is 5.82 Å². The van der Waals surface area contributed by atoms with Crippen LogP contribution in [0.1, 0.15) is 12.5 Å². The topological polar surface area (TPSA) is 122 Å². The molecule has 0 bridgehead atoms. The van der Waals surface area contributed by atoms with E-state index >= 15 is 0 Å². The first-order valence-corrected chi connectivity index (χ1v) is 8.44. The third-order valence-corrected chi connectivity index (χ3v) is 4.46. The molecule has 0 saturated carbocycles. The van der Waals surface area contributed by atoms with E-state index in [-0.39, 0.29) is 5.82 Å². The maximum Gasteiger partial charge on any atom is 0.199 e. The summed E-state index contributed by atoms with van der Waals surface area (Å²) >= 11 is 6.43. The van der Waals surface area contributed by atoms with Crippen molar-refractivity contribution in [2.24, 2.45) is 5.73 Å². The Bertz CT molecular complexity index is 1100. The summed E-state index contributed by atoms with van der Waals surface area (Å²) in [4.78, 5) is 9.06. The van der Waals surface area contributed by atoms with Gasteiger partial charge < -0.3 is 16.0 Å². The van der Waals surface area contributed by atoms with Crippen LogP contribution in [-0.4, -0.2) is 24.8 Å². The second kappa shape index (κ2) is 6.40. The normalized spacial score (nSPS) is 11.3. The number of halogens is 1. The standard InChI is InChI=1S/C17H16ClN7O/c1-2-25-12-7-11(10-5-3-4-9(6-10)8-19)21-15(18)13(12)22-17(25)14-16(20)24-26-23-14/h3-7H,2,8,19H2,1H3,(H2,20,24). The molecule has 0 aliphatic rings. The summed E-state index contributed by atoms with van der Waals surface area (Å²) in [7, 11) is 0. The Hall–Kier alpha value is -2.97. The van der Waals surface area contributed by atoms with Crippen LogP contribution in [-0.2, 0) is 13.1 Å². The molecule has 26 heavy (non-hydrogen) atoms. The lowest BCUT2D eigenvalue weighted by molar-refractivity contribution is 0.310. The van der Waals surface area contributed by atoms with Crippen LogP contribution >= 0.6 is 11.6 Å². The van der Waals surface area contributed by atoms with Crippen LogP contribution < -0.4 is 11.5 Å². The molecule has 9 heteroatoms. The average Bonchev–Trinajstić information content (AvgIpc) is 3.24. The molecule has 132 valence electrons. The number of pyridine rings is 1. The highest BCUT2D eigenvalue weighted by Gasteiger charge is 2.21. The monoisotopic (exact) mass is 369 g/mol. The Morgan fingerprint density at radius 1 is 1.19 bits per heavy atom. The van der Waals surface area contributed by atoms with Crippen LogP contribution in [0.2, 0.25) is 5.15 Å². The first kappa shape index (κ1) is 16.5. The molecule has 4 aromatic rings. The lowest BCUT2D eigenvalue weighted by atomic mass is 10.1. The van der Waals surface area contributed by atoms with Crippen LogP contribution in [0.5, 0.6) is 0 Å². The maximum atomic E-state index is 6.43. The SMILES string of the molecule is CCn1c(-c2nonc2N)nc2c(Cl)nc(-c3cccc(CN)c3)cc21. The van der Waals surface area contributed by atoms with E-state index in [9.17, 15) is 0 Å². The highest BCUT2D eigenvalue weighted by atomic mass is 35.5. The Morgan fingerprint density at radius 2 is 2.04 bits per heavy atom. The van der Waals surface area contributed by atoms with E-state index in [4.69, 9.17) is 27.7 Å². The van der Waals surface area contributed by atoms with Crippen molar-refractivity contribution in [3.63, 3.8) is 0 Å². The summed E-state index contributed by atoms with van der Waals surface area (Å²) in [6, 6.07) is 9.83. The Kier molecular flexibility index (Phi) is 4.06. The number of imidazole rings is 1. The predicted molar refractivity (Wildman–Crippen MR) is 99.2 cm³/mol. The number of nitrogens with zero attached hydrogens (tertiary/aromatic N) is 5. The Balaban J connectivity index is 1.95. The molecule has 8 nitrogen and oxygen atoms in total. The Labute approximate surface area is 153 Å². The van der Waals surface area contributed by atoms with Gasteiger partial charge in [-0.2, -0.15) is 0 Å². The van der Waals surface area contributed by atoms with E-state index in [2.05, 4.69) is 20.3 Å². The first-order valence-electron chi connectivity index (χ1n) is 8.07. The molecule has 3 heterocycles. The summed E-state index contributed by atoms with van der Waals surface area (Å²) in [5.41, 5.74) is 16.0. The molecule has 0 saturated heterocycles. The van der Waals surface area contributed by atoms with E-state index in [1.54, 1.807) is 0 Å². The average molecular weight is 370 g/mol. The highest BCUT2D eigenvalue weighted by molar-refractivity contribution is 6.34. The van der Waals surface area contributed by atoms with Crippen molar-refractivity contribution in [1.82, 2.24) is 24.8 Å². The Morgan fingerprint density at radius 3 is 2.73 bits per heavy atom. The summed E-state index contributed by atoms with van der Waals surface area (Å²) in [6.45, 7) is 3.09. The van der Waals surface area contributed by atoms with Gasteiger partial charge in [0.25, 0.3) is 0 Å². The minimum absolute atomic E-state index is 0.176. The number of nitrogens with two attached hydrogens (primary N) is 2. The molecule has 0 radical (unpaired) electrons. The zero-order valence-electron chi connectivity index (χ0n) is 14.0. The van der Waals surface area contributed by atoms with Gasteiger partial charge in [-0.25, -0.2) is 14.6 Å². The number of hydrogen-bond donors (Lipinski definition) is 2. The number of benzene rings is 1. The molecule has 0 aliphatic heterocycles. The van der Waals surface area contributed by atoms with Crippen LogP contribution in [0.3, 0.4) is 0 Å². The van der Waals surface area contributed by atoms with Gasteiger partial charge in [-0.15, -0.1) is 0 Å². The summed E-state index contributed by atoms with van der Waals surface area (Å²) in [6.07, 6.45) is 0. The van der Waals surface area contributed by atoms with Gasteiger partial charge in [0, 0.05) is 18.7 Å².